The minimum absolute atomic E-state index is 0. The smallest absolute Gasteiger partial charge is 0.240 e. The summed E-state index contributed by atoms with van der Waals surface area (Å²) in [5.74, 6) is 1.06. The van der Waals surface area contributed by atoms with Gasteiger partial charge in [-0.05, 0) is 25.1 Å². The summed E-state index contributed by atoms with van der Waals surface area (Å²) in [5, 5.41) is 0. The number of hydrogen-bond acceptors (Lipinski definition) is 6. The van der Waals surface area contributed by atoms with Crippen LogP contribution in [0.5, 0.6) is 11.5 Å². The van der Waals surface area contributed by atoms with Crippen LogP contribution in [0.25, 0.3) is 0 Å². The molecule has 25 heavy (non-hydrogen) atoms. The van der Waals surface area contributed by atoms with Crippen LogP contribution >= 0.6 is 0 Å². The fraction of sp³-hybridized carbons (Fsp3) is 0.600. The molecular weight excluding hydrogens is 391 g/mol. The molecule has 10 heteroatoms. The zero-order valence-electron chi connectivity index (χ0n) is 13.7. The number of sulfonamides is 1. The molecule has 0 saturated carbocycles. The molecule has 2 heterocycles. The maximum atomic E-state index is 12.3. The molecular formula is C15H22Cl2N2O5S-2. The van der Waals surface area contributed by atoms with Crippen molar-refractivity contribution in [2.45, 2.75) is 11.3 Å². The first-order chi connectivity index (χ1) is 11.1. The van der Waals surface area contributed by atoms with E-state index < -0.39 is 10.0 Å². The molecule has 2 aliphatic heterocycles. The van der Waals surface area contributed by atoms with Gasteiger partial charge in [0.2, 0.25) is 10.0 Å². The zero-order chi connectivity index (χ0) is 16.1. The lowest BCUT2D eigenvalue weighted by Crippen LogP contribution is -3.00. The van der Waals surface area contributed by atoms with Crippen molar-refractivity contribution in [2.75, 3.05) is 52.6 Å². The molecule has 0 bridgehead atoms. The van der Waals surface area contributed by atoms with Crippen molar-refractivity contribution >= 4 is 10.0 Å². The van der Waals surface area contributed by atoms with Gasteiger partial charge in [-0.1, -0.05) is 0 Å². The maximum absolute atomic E-state index is 12.3. The van der Waals surface area contributed by atoms with Crippen LogP contribution in [0.4, 0.5) is 0 Å². The third-order valence-corrected chi connectivity index (χ3v) is 5.33. The lowest BCUT2D eigenvalue weighted by molar-refractivity contribution is -0.00100. The molecule has 144 valence electrons. The molecule has 0 atom stereocenters. The highest BCUT2D eigenvalue weighted by molar-refractivity contribution is 7.89. The summed E-state index contributed by atoms with van der Waals surface area (Å²) in [6.07, 6.45) is 0.768. The number of ether oxygens (including phenoxy) is 3. The van der Waals surface area contributed by atoms with Crippen LogP contribution in [0, 0.1) is 0 Å². The number of halogens is 2. The summed E-state index contributed by atoms with van der Waals surface area (Å²) >= 11 is 0. The van der Waals surface area contributed by atoms with Crippen LogP contribution in [-0.4, -0.2) is 65.9 Å². The number of fused-ring (bicyclic) bond motifs is 1. The Morgan fingerprint density at radius 2 is 1.68 bits per heavy atom. The number of nitrogens with one attached hydrogen (secondary N) is 1. The summed E-state index contributed by atoms with van der Waals surface area (Å²) < 4.78 is 43.4. The fourth-order valence-corrected chi connectivity index (χ4v) is 3.70. The zero-order valence-corrected chi connectivity index (χ0v) is 16.1. The van der Waals surface area contributed by atoms with Crippen molar-refractivity contribution in [3.8, 4) is 11.5 Å². The first-order valence-electron chi connectivity index (χ1n) is 7.84. The fourth-order valence-electron chi connectivity index (χ4n) is 2.61. The number of hydrogen-bond donors (Lipinski definition) is 1. The Labute approximate surface area is 160 Å². The molecule has 0 spiro atoms. The number of benzene rings is 1. The monoisotopic (exact) mass is 412 g/mol. The van der Waals surface area contributed by atoms with Crippen LogP contribution in [0.15, 0.2) is 23.1 Å². The third kappa shape index (κ3) is 6.16. The first-order valence-corrected chi connectivity index (χ1v) is 9.33. The molecule has 1 fully saturated rings. The molecule has 0 aliphatic carbocycles. The molecule has 0 amide bonds. The van der Waals surface area contributed by atoms with E-state index in [4.69, 9.17) is 14.2 Å². The second-order valence-corrected chi connectivity index (χ2v) is 7.28. The van der Waals surface area contributed by atoms with E-state index in [2.05, 4.69) is 9.62 Å². The molecule has 1 aromatic carbocycles. The topological polar surface area (TPSA) is 77.1 Å². The van der Waals surface area contributed by atoms with Crippen molar-refractivity contribution in [3.05, 3.63) is 18.2 Å². The minimum Gasteiger partial charge on any atom is -1.00 e. The molecule has 0 aromatic heterocycles. The number of nitrogens with zero attached hydrogens (tertiary/aromatic N) is 1. The Bertz CT molecular complexity index is 639. The second-order valence-electron chi connectivity index (χ2n) is 5.51. The Morgan fingerprint density at radius 3 is 2.40 bits per heavy atom. The number of morpholine rings is 1. The van der Waals surface area contributed by atoms with Gasteiger partial charge in [0, 0.05) is 25.7 Å². The van der Waals surface area contributed by atoms with E-state index in [0.717, 1.165) is 39.3 Å². The van der Waals surface area contributed by atoms with E-state index in [1.54, 1.807) is 6.07 Å². The van der Waals surface area contributed by atoms with E-state index >= 15 is 0 Å². The third-order valence-electron chi connectivity index (χ3n) is 3.87. The van der Waals surface area contributed by atoms with Gasteiger partial charge in [-0.2, -0.15) is 0 Å². The van der Waals surface area contributed by atoms with Gasteiger partial charge in [0.25, 0.3) is 0 Å². The van der Waals surface area contributed by atoms with Crippen molar-refractivity contribution in [1.82, 2.24) is 9.62 Å². The summed E-state index contributed by atoms with van der Waals surface area (Å²) in [5.41, 5.74) is 0. The first kappa shape index (κ1) is 22.3. The Balaban J connectivity index is 0.00000156. The molecule has 1 aromatic rings. The summed E-state index contributed by atoms with van der Waals surface area (Å²) in [6.45, 7) is 5.53. The Hall–Kier alpha value is -0.770. The van der Waals surface area contributed by atoms with E-state index in [1.165, 1.54) is 12.1 Å². The predicted molar refractivity (Wildman–Crippen MR) is 84.5 cm³/mol. The molecule has 3 rings (SSSR count). The molecule has 0 unspecified atom stereocenters. The molecule has 1 N–H and O–H groups in total. The van der Waals surface area contributed by atoms with Gasteiger partial charge in [-0.25, -0.2) is 13.1 Å². The second kappa shape index (κ2) is 10.4. The minimum atomic E-state index is -3.53. The summed E-state index contributed by atoms with van der Waals surface area (Å²) in [7, 11) is -3.53. The SMILES string of the molecule is O=S(=O)(NCCCN1CCOCC1)c1ccc2c(c1)OCCO2.[Cl-].[Cl-]. The average molecular weight is 413 g/mol. The van der Waals surface area contributed by atoms with Crippen LogP contribution in [0.3, 0.4) is 0 Å². The molecule has 7 nitrogen and oxygen atoms in total. The van der Waals surface area contributed by atoms with Crippen molar-refractivity contribution < 1.29 is 47.4 Å². The van der Waals surface area contributed by atoms with E-state index in [1.807, 2.05) is 0 Å². The standard InChI is InChI=1S/C15H22N2O5S.2ClH/c18-23(19,16-4-1-5-17-6-8-20-9-7-17)13-2-3-14-15(12-13)22-11-10-21-14;;/h2-3,12,16H,1,4-11H2;2*1H/p-2. The average Bonchev–Trinajstić information content (AvgIpc) is 2.59. The highest BCUT2D eigenvalue weighted by Crippen LogP contribution is 2.32. The largest absolute Gasteiger partial charge is 1.00 e. The van der Waals surface area contributed by atoms with Gasteiger partial charge in [-0.15, -0.1) is 0 Å². The van der Waals surface area contributed by atoms with Crippen molar-refractivity contribution in [2.24, 2.45) is 0 Å². The highest BCUT2D eigenvalue weighted by Gasteiger charge is 2.19. The summed E-state index contributed by atoms with van der Waals surface area (Å²) in [4.78, 5) is 2.48. The van der Waals surface area contributed by atoms with Crippen molar-refractivity contribution in [3.63, 3.8) is 0 Å². The van der Waals surface area contributed by atoms with Gasteiger partial charge >= 0.3 is 0 Å². The highest BCUT2D eigenvalue weighted by atomic mass is 35.5. The lowest BCUT2D eigenvalue weighted by Gasteiger charge is -2.26. The summed E-state index contributed by atoms with van der Waals surface area (Å²) in [6, 6.07) is 4.69. The van der Waals surface area contributed by atoms with Gasteiger partial charge < -0.3 is 39.0 Å². The van der Waals surface area contributed by atoms with Gasteiger partial charge in [0.1, 0.15) is 13.2 Å². The lowest BCUT2D eigenvalue weighted by atomic mass is 10.3. The van der Waals surface area contributed by atoms with E-state index in [9.17, 15) is 8.42 Å². The quantitative estimate of drug-likeness (QED) is 0.469. The van der Waals surface area contributed by atoms with E-state index in [-0.39, 0.29) is 29.7 Å². The normalized spacial score (nSPS) is 17.3. The Kier molecular flexibility index (Phi) is 9.26. The molecule has 0 radical (unpaired) electrons. The molecule has 2 aliphatic rings. The van der Waals surface area contributed by atoms with Crippen LogP contribution in [0.1, 0.15) is 6.42 Å². The van der Waals surface area contributed by atoms with Crippen LogP contribution in [-0.2, 0) is 14.8 Å². The van der Waals surface area contributed by atoms with Crippen LogP contribution < -0.4 is 39.0 Å². The van der Waals surface area contributed by atoms with Crippen LogP contribution in [0.2, 0.25) is 0 Å². The molecule has 1 saturated heterocycles. The maximum Gasteiger partial charge on any atom is 0.240 e. The Morgan fingerprint density at radius 1 is 1.00 bits per heavy atom. The van der Waals surface area contributed by atoms with Crippen molar-refractivity contribution in [1.29, 1.82) is 0 Å². The van der Waals surface area contributed by atoms with E-state index in [0.29, 0.717) is 31.3 Å². The van der Waals surface area contributed by atoms with Gasteiger partial charge in [0.15, 0.2) is 11.5 Å². The van der Waals surface area contributed by atoms with Gasteiger partial charge in [-0.3, -0.25) is 4.90 Å². The predicted octanol–water partition coefficient (Wildman–Crippen LogP) is -5.53. The van der Waals surface area contributed by atoms with Gasteiger partial charge in [0.05, 0.1) is 18.1 Å². The number of rotatable bonds is 6.